The van der Waals surface area contributed by atoms with Crippen molar-refractivity contribution in [3.8, 4) is 0 Å². The largest absolute Gasteiger partial charge is 0.394 e. The molecule has 0 aromatic heterocycles. The van der Waals surface area contributed by atoms with Gasteiger partial charge in [0.15, 0.2) is 0 Å². The Balaban J connectivity index is 2.58. The molecule has 5 heteroatoms. The van der Waals surface area contributed by atoms with Crippen LogP contribution in [0.1, 0.15) is 6.92 Å². The van der Waals surface area contributed by atoms with Crippen molar-refractivity contribution in [2.75, 3.05) is 0 Å². The molecule has 7 heavy (non-hydrogen) atoms. The van der Waals surface area contributed by atoms with Crippen molar-refractivity contribution in [2.45, 2.75) is 6.92 Å². The Bertz CT molecular complexity index is 132. The molecule has 0 bridgehead atoms. The SMILES string of the molecule is CC1=NOS(=O)[N-]1. The highest BCUT2D eigenvalue weighted by molar-refractivity contribution is 7.84. The Hall–Kier alpha value is -0.580. The lowest BCUT2D eigenvalue weighted by atomic mass is 10.7. The number of rotatable bonds is 0. The molecule has 0 aliphatic carbocycles. The molecule has 4 nitrogen and oxygen atoms in total. The molecule has 1 aliphatic heterocycles. The molecule has 0 saturated carbocycles. The first-order chi connectivity index (χ1) is 3.29. The molecule has 1 aliphatic rings. The summed E-state index contributed by atoms with van der Waals surface area (Å²) in [7, 11) is 0. The van der Waals surface area contributed by atoms with Crippen LogP contribution >= 0.6 is 0 Å². The van der Waals surface area contributed by atoms with Crippen molar-refractivity contribution in [3.63, 3.8) is 0 Å². The molecular formula is C2H3N2O2S-. The minimum atomic E-state index is -1.53. The van der Waals surface area contributed by atoms with Crippen LogP contribution in [0.5, 0.6) is 0 Å². The summed E-state index contributed by atoms with van der Waals surface area (Å²) in [5, 5.41) is 3.27. The maximum absolute atomic E-state index is 10.1. The number of hydrogen-bond donors (Lipinski definition) is 0. The van der Waals surface area contributed by atoms with Gasteiger partial charge >= 0.3 is 0 Å². The summed E-state index contributed by atoms with van der Waals surface area (Å²) in [6, 6.07) is 0. The smallest absolute Gasteiger partial charge is 0.236 e. The zero-order valence-corrected chi connectivity index (χ0v) is 4.44. The third-order valence-corrected chi connectivity index (χ3v) is 1.06. The molecule has 1 unspecified atom stereocenters. The summed E-state index contributed by atoms with van der Waals surface area (Å²) in [6.07, 6.45) is 0. The van der Waals surface area contributed by atoms with Gasteiger partial charge < -0.3 is 9.01 Å². The van der Waals surface area contributed by atoms with Crippen molar-refractivity contribution in [1.29, 1.82) is 0 Å². The van der Waals surface area contributed by atoms with E-state index in [0.717, 1.165) is 0 Å². The van der Waals surface area contributed by atoms with E-state index < -0.39 is 11.3 Å². The van der Waals surface area contributed by atoms with Crippen LogP contribution in [0.4, 0.5) is 0 Å². The summed E-state index contributed by atoms with van der Waals surface area (Å²) in [6.45, 7) is 1.62. The van der Waals surface area contributed by atoms with E-state index in [1.54, 1.807) is 6.92 Å². The quantitative estimate of drug-likeness (QED) is 0.460. The number of nitrogens with zero attached hydrogens (tertiary/aromatic N) is 2. The van der Waals surface area contributed by atoms with Crippen molar-refractivity contribution in [2.24, 2.45) is 5.16 Å². The predicted molar refractivity (Wildman–Crippen MR) is 25.7 cm³/mol. The van der Waals surface area contributed by atoms with Gasteiger partial charge in [-0.3, -0.25) is 5.16 Å². The lowest BCUT2D eigenvalue weighted by Crippen LogP contribution is -1.81. The molecule has 0 N–H and O–H groups in total. The monoisotopic (exact) mass is 119 g/mol. The fourth-order valence-electron chi connectivity index (χ4n) is 0.227. The maximum Gasteiger partial charge on any atom is 0.236 e. The van der Waals surface area contributed by atoms with Gasteiger partial charge in [0.1, 0.15) is 0 Å². The van der Waals surface area contributed by atoms with E-state index in [2.05, 4.69) is 14.2 Å². The van der Waals surface area contributed by atoms with E-state index in [4.69, 9.17) is 0 Å². The minimum absolute atomic E-state index is 0.429. The first kappa shape index (κ1) is 4.58. The molecule has 0 amide bonds. The van der Waals surface area contributed by atoms with Gasteiger partial charge in [-0.2, -0.15) is 0 Å². The standard InChI is InChI=1S/C2H3N2O2S/c1-2-3-6-7(5)4-2/h1H3/q-1. The van der Waals surface area contributed by atoms with Crippen LogP contribution in [0, 0.1) is 0 Å². The van der Waals surface area contributed by atoms with Crippen molar-refractivity contribution in [3.05, 3.63) is 4.72 Å². The molecule has 0 radical (unpaired) electrons. The van der Waals surface area contributed by atoms with Crippen LogP contribution in [-0.2, 0) is 15.6 Å². The highest BCUT2D eigenvalue weighted by Gasteiger charge is 1.94. The lowest BCUT2D eigenvalue weighted by molar-refractivity contribution is 0.387. The fourth-order valence-corrected chi connectivity index (χ4v) is 0.681. The minimum Gasteiger partial charge on any atom is -0.394 e. The molecule has 0 fully saturated rings. The van der Waals surface area contributed by atoms with E-state index in [-0.39, 0.29) is 0 Å². The van der Waals surface area contributed by atoms with E-state index in [0.29, 0.717) is 5.84 Å². The maximum atomic E-state index is 10.1. The normalized spacial score (nSPS) is 28.1. The molecule has 40 valence electrons. The molecule has 1 heterocycles. The summed E-state index contributed by atoms with van der Waals surface area (Å²) >= 11 is -1.53. The Morgan fingerprint density at radius 1 is 2.00 bits per heavy atom. The highest BCUT2D eigenvalue weighted by atomic mass is 32.2. The summed E-state index contributed by atoms with van der Waals surface area (Å²) < 4.78 is 17.6. The summed E-state index contributed by atoms with van der Waals surface area (Å²) in [5.74, 6) is 0.429. The predicted octanol–water partition coefficient (Wildman–Crippen LogP) is 0.302. The third-order valence-electron chi connectivity index (χ3n) is 0.440. The molecule has 0 spiro atoms. The number of amidine groups is 1. The highest BCUT2D eigenvalue weighted by Crippen LogP contribution is 2.07. The second-order valence-electron chi connectivity index (χ2n) is 1.02. The van der Waals surface area contributed by atoms with Crippen molar-refractivity contribution >= 4 is 17.1 Å². The van der Waals surface area contributed by atoms with E-state index >= 15 is 0 Å². The summed E-state index contributed by atoms with van der Waals surface area (Å²) in [4.78, 5) is 0. The van der Waals surface area contributed by atoms with E-state index in [1.165, 1.54) is 0 Å². The van der Waals surface area contributed by atoms with Crippen LogP contribution < -0.4 is 0 Å². The van der Waals surface area contributed by atoms with Gasteiger partial charge in [-0.05, 0) is 12.8 Å². The molecule has 1 atom stereocenters. The van der Waals surface area contributed by atoms with Crippen LogP contribution in [-0.4, -0.2) is 10.0 Å². The summed E-state index contributed by atoms with van der Waals surface area (Å²) in [5.41, 5.74) is 0. The van der Waals surface area contributed by atoms with E-state index in [1.807, 2.05) is 0 Å². The molecule has 0 saturated heterocycles. The Morgan fingerprint density at radius 2 is 2.71 bits per heavy atom. The second kappa shape index (κ2) is 1.49. The van der Waals surface area contributed by atoms with Crippen LogP contribution in [0.2, 0.25) is 0 Å². The van der Waals surface area contributed by atoms with Gasteiger partial charge in [-0.1, -0.05) is 0 Å². The average Bonchev–Trinajstić information content (AvgIpc) is 1.87. The van der Waals surface area contributed by atoms with Crippen LogP contribution in [0.15, 0.2) is 5.16 Å². The topological polar surface area (TPSA) is 52.8 Å². The first-order valence-electron chi connectivity index (χ1n) is 1.65. The zero-order valence-electron chi connectivity index (χ0n) is 3.62. The first-order valence-corrected chi connectivity index (χ1v) is 2.68. The van der Waals surface area contributed by atoms with Crippen LogP contribution in [0.3, 0.4) is 0 Å². The van der Waals surface area contributed by atoms with E-state index in [9.17, 15) is 4.21 Å². The average molecular weight is 119 g/mol. The van der Waals surface area contributed by atoms with Gasteiger partial charge in [0, 0.05) is 0 Å². The van der Waals surface area contributed by atoms with Gasteiger partial charge in [-0.25, -0.2) is 4.21 Å². The fraction of sp³-hybridized carbons (Fsp3) is 0.500. The van der Waals surface area contributed by atoms with Crippen molar-refractivity contribution < 1.29 is 8.49 Å². The Labute approximate surface area is 43.3 Å². The van der Waals surface area contributed by atoms with Gasteiger partial charge in [0.2, 0.25) is 11.3 Å². The lowest BCUT2D eigenvalue weighted by Gasteiger charge is -1.92. The van der Waals surface area contributed by atoms with Gasteiger partial charge in [0.05, 0.1) is 0 Å². The molecular weight excluding hydrogens is 116 g/mol. The molecule has 1 rings (SSSR count). The van der Waals surface area contributed by atoms with Crippen LogP contribution in [0.25, 0.3) is 4.72 Å². The second-order valence-corrected chi connectivity index (χ2v) is 1.79. The Kier molecular flexibility index (Phi) is 0.976. The molecule has 0 aromatic rings. The van der Waals surface area contributed by atoms with Gasteiger partial charge in [-0.15, -0.1) is 0 Å². The van der Waals surface area contributed by atoms with Gasteiger partial charge in [0.25, 0.3) is 0 Å². The Morgan fingerprint density at radius 3 is 2.86 bits per heavy atom. The molecule has 0 aromatic carbocycles. The number of hydrogen-bond acceptors (Lipinski definition) is 3. The number of oxime groups is 1. The zero-order chi connectivity index (χ0) is 5.28. The third kappa shape index (κ3) is 0.894. The van der Waals surface area contributed by atoms with Crippen molar-refractivity contribution in [1.82, 2.24) is 0 Å².